The number of sulfonamides is 1. The number of hydrogen-bond donors (Lipinski definition) is 1. The van der Waals surface area contributed by atoms with Gasteiger partial charge in [-0.1, -0.05) is 23.8 Å². The maximum Gasteiger partial charge on any atom is 0.264 e. The molecule has 0 saturated carbocycles. The second kappa shape index (κ2) is 11.9. The lowest BCUT2D eigenvalue weighted by Gasteiger charge is -2.24. The Labute approximate surface area is 228 Å². The lowest BCUT2D eigenvalue weighted by molar-refractivity contribution is -0.119. The molecule has 0 unspecified atom stereocenters. The van der Waals surface area contributed by atoms with Crippen LogP contribution in [0.4, 0.5) is 11.4 Å². The van der Waals surface area contributed by atoms with Crippen molar-refractivity contribution in [1.82, 2.24) is 5.43 Å². The molecule has 3 aromatic rings. The molecule has 0 fully saturated rings. The van der Waals surface area contributed by atoms with Gasteiger partial charge in [0, 0.05) is 18.6 Å². The number of anilines is 2. The summed E-state index contributed by atoms with van der Waals surface area (Å²) in [6, 6.07) is 17.0. The van der Waals surface area contributed by atoms with E-state index in [-0.39, 0.29) is 4.90 Å². The van der Waals surface area contributed by atoms with Crippen LogP contribution in [0.3, 0.4) is 0 Å². The minimum Gasteiger partial charge on any atom is -0.496 e. The summed E-state index contributed by atoms with van der Waals surface area (Å²) < 4.78 is 34.7. The van der Waals surface area contributed by atoms with E-state index >= 15 is 0 Å². The third-order valence-electron chi connectivity index (χ3n) is 5.18. The highest BCUT2D eigenvalue weighted by atomic mass is 79.9. The van der Waals surface area contributed by atoms with E-state index in [0.717, 1.165) is 25.6 Å². The fourth-order valence-electron chi connectivity index (χ4n) is 3.27. The van der Waals surface area contributed by atoms with Crippen LogP contribution in [0.5, 0.6) is 5.75 Å². The van der Waals surface area contributed by atoms with E-state index in [1.807, 2.05) is 44.1 Å². The van der Waals surface area contributed by atoms with Crippen molar-refractivity contribution in [2.75, 3.05) is 37.0 Å². The number of benzene rings is 3. The predicted octanol–water partition coefficient (Wildman–Crippen LogP) is 4.94. The van der Waals surface area contributed by atoms with Crippen molar-refractivity contribution in [3.05, 3.63) is 80.7 Å². The van der Waals surface area contributed by atoms with E-state index in [2.05, 4.69) is 42.4 Å². The Hall–Kier alpha value is -2.89. The van der Waals surface area contributed by atoms with Crippen LogP contribution in [0.1, 0.15) is 11.1 Å². The van der Waals surface area contributed by atoms with Gasteiger partial charge in [-0.2, -0.15) is 5.10 Å². The number of carbonyl (C=O) groups is 1. The summed E-state index contributed by atoms with van der Waals surface area (Å²) in [5.74, 6) is -0.0971. The second-order valence-corrected chi connectivity index (χ2v) is 11.6. The lowest BCUT2D eigenvalue weighted by Crippen LogP contribution is -2.39. The summed E-state index contributed by atoms with van der Waals surface area (Å²) in [5, 5.41) is 4.01. The molecule has 0 aliphatic heterocycles. The molecule has 190 valence electrons. The summed E-state index contributed by atoms with van der Waals surface area (Å²) in [5.41, 5.74) is 5.50. The lowest BCUT2D eigenvalue weighted by atomic mass is 10.2. The zero-order valence-corrected chi connectivity index (χ0v) is 24.2. The molecular formula is C25H26Br2N4O4S. The van der Waals surface area contributed by atoms with Crippen molar-refractivity contribution >= 4 is 65.4 Å². The van der Waals surface area contributed by atoms with Gasteiger partial charge in [0.1, 0.15) is 12.3 Å². The van der Waals surface area contributed by atoms with Crippen LogP contribution in [0.2, 0.25) is 0 Å². The molecule has 3 rings (SSSR count). The molecule has 0 spiro atoms. The second-order valence-electron chi connectivity index (χ2n) is 8.04. The first-order valence-electron chi connectivity index (χ1n) is 10.7. The largest absolute Gasteiger partial charge is 0.496 e. The van der Waals surface area contributed by atoms with Gasteiger partial charge in [-0.25, -0.2) is 13.8 Å². The van der Waals surface area contributed by atoms with Crippen LogP contribution < -0.4 is 19.4 Å². The zero-order valence-electron chi connectivity index (χ0n) is 20.2. The number of nitrogens with one attached hydrogen (secondary N) is 1. The highest BCUT2D eigenvalue weighted by Gasteiger charge is 2.28. The number of aryl methyl sites for hydroxylation is 1. The van der Waals surface area contributed by atoms with Crippen molar-refractivity contribution in [3.8, 4) is 5.75 Å². The first kappa shape index (κ1) is 27.7. The number of halogens is 2. The van der Waals surface area contributed by atoms with Crippen molar-refractivity contribution in [2.45, 2.75) is 11.8 Å². The molecule has 1 amide bonds. The summed E-state index contributed by atoms with van der Waals surface area (Å²) >= 11 is 6.84. The maximum atomic E-state index is 13.6. The van der Waals surface area contributed by atoms with E-state index in [4.69, 9.17) is 4.74 Å². The molecule has 0 aromatic heterocycles. The SMILES string of the molecule is COc1ccc(S(=O)(=O)N(CC(=O)N/N=C\c2ccc(N(C)C)c(Br)c2)c2ccc(C)cc2)cc1Br. The standard InChI is InChI=1S/C25H26Br2N4O4S/c1-17-5-8-19(9-6-17)31(36(33,34)20-10-12-24(35-4)22(27)14-20)16-25(32)29-28-15-18-7-11-23(30(2)3)21(26)13-18/h5-15H,16H2,1-4H3,(H,29,32)/b28-15-. The fourth-order valence-corrected chi connectivity index (χ4v) is 6.16. The first-order chi connectivity index (χ1) is 17.0. The summed E-state index contributed by atoms with van der Waals surface area (Å²) in [7, 11) is 1.29. The monoisotopic (exact) mass is 636 g/mol. The fraction of sp³-hybridized carbons (Fsp3) is 0.200. The number of methoxy groups -OCH3 is 1. The Kier molecular flexibility index (Phi) is 9.15. The molecule has 36 heavy (non-hydrogen) atoms. The average Bonchev–Trinajstić information content (AvgIpc) is 2.83. The number of hydrazone groups is 1. The van der Waals surface area contributed by atoms with Gasteiger partial charge >= 0.3 is 0 Å². The number of carbonyl (C=O) groups excluding carboxylic acids is 1. The van der Waals surface area contributed by atoms with Gasteiger partial charge in [-0.15, -0.1) is 0 Å². The van der Waals surface area contributed by atoms with E-state index < -0.39 is 22.5 Å². The van der Waals surface area contributed by atoms with Crippen LogP contribution >= 0.6 is 31.9 Å². The summed E-state index contributed by atoms with van der Waals surface area (Å²) in [4.78, 5) is 14.7. The predicted molar refractivity (Wildman–Crippen MR) is 151 cm³/mol. The maximum absolute atomic E-state index is 13.6. The Bertz CT molecular complexity index is 1380. The summed E-state index contributed by atoms with van der Waals surface area (Å²) in [6.45, 7) is 1.43. The Balaban J connectivity index is 1.84. The molecule has 0 heterocycles. The van der Waals surface area contributed by atoms with Crippen LogP contribution in [0.15, 0.2) is 79.6 Å². The molecule has 0 aliphatic carbocycles. The van der Waals surface area contributed by atoms with E-state index in [1.54, 1.807) is 30.3 Å². The van der Waals surface area contributed by atoms with Crippen molar-refractivity contribution < 1.29 is 17.9 Å². The summed E-state index contributed by atoms with van der Waals surface area (Å²) in [6.07, 6.45) is 1.49. The number of amides is 1. The Morgan fingerprint density at radius 1 is 1.03 bits per heavy atom. The molecule has 0 aliphatic rings. The first-order valence-corrected chi connectivity index (χ1v) is 13.8. The van der Waals surface area contributed by atoms with E-state index in [1.165, 1.54) is 25.5 Å². The molecule has 0 bridgehead atoms. The number of ether oxygens (including phenoxy) is 1. The molecule has 0 atom stereocenters. The number of nitrogens with zero attached hydrogens (tertiary/aromatic N) is 3. The minimum atomic E-state index is -4.08. The third kappa shape index (κ3) is 6.65. The Morgan fingerprint density at radius 3 is 2.31 bits per heavy atom. The molecule has 0 radical (unpaired) electrons. The molecule has 0 saturated heterocycles. The van der Waals surface area contributed by atoms with Gasteiger partial charge in [0.05, 0.1) is 34.1 Å². The van der Waals surface area contributed by atoms with Gasteiger partial charge in [-0.3, -0.25) is 9.10 Å². The quantitative estimate of drug-likeness (QED) is 0.265. The van der Waals surface area contributed by atoms with Gasteiger partial charge in [-0.05, 0) is 86.8 Å². The van der Waals surface area contributed by atoms with Crippen LogP contribution in [0.25, 0.3) is 0 Å². The smallest absolute Gasteiger partial charge is 0.264 e. The van der Waals surface area contributed by atoms with Crippen LogP contribution in [0, 0.1) is 6.92 Å². The van der Waals surface area contributed by atoms with Crippen LogP contribution in [-0.2, 0) is 14.8 Å². The zero-order chi connectivity index (χ0) is 26.5. The minimum absolute atomic E-state index is 0.0119. The van der Waals surface area contributed by atoms with Gasteiger partial charge in [0.25, 0.3) is 15.9 Å². The van der Waals surface area contributed by atoms with E-state index in [9.17, 15) is 13.2 Å². The van der Waals surface area contributed by atoms with Crippen molar-refractivity contribution in [1.29, 1.82) is 0 Å². The molecule has 3 aromatic carbocycles. The van der Waals surface area contributed by atoms with Crippen LogP contribution in [-0.4, -0.2) is 48.3 Å². The number of rotatable bonds is 9. The number of hydrogen-bond acceptors (Lipinski definition) is 6. The molecule has 1 N–H and O–H groups in total. The highest BCUT2D eigenvalue weighted by Crippen LogP contribution is 2.31. The third-order valence-corrected chi connectivity index (χ3v) is 8.20. The van der Waals surface area contributed by atoms with Crippen molar-refractivity contribution in [3.63, 3.8) is 0 Å². The topological polar surface area (TPSA) is 91.3 Å². The van der Waals surface area contributed by atoms with Crippen molar-refractivity contribution in [2.24, 2.45) is 5.10 Å². The Morgan fingerprint density at radius 2 is 1.72 bits per heavy atom. The van der Waals surface area contributed by atoms with Gasteiger partial charge in [0.2, 0.25) is 0 Å². The average molecular weight is 638 g/mol. The molecular weight excluding hydrogens is 612 g/mol. The molecule has 11 heteroatoms. The van der Waals surface area contributed by atoms with Gasteiger partial charge in [0.15, 0.2) is 0 Å². The normalized spacial score (nSPS) is 11.4. The van der Waals surface area contributed by atoms with Gasteiger partial charge < -0.3 is 9.64 Å². The van der Waals surface area contributed by atoms with E-state index in [0.29, 0.717) is 15.9 Å². The highest BCUT2D eigenvalue weighted by molar-refractivity contribution is 9.11. The molecule has 8 nitrogen and oxygen atoms in total.